The topological polar surface area (TPSA) is 52.6 Å². The normalized spacial score (nSPS) is 25.8. The molecule has 1 fully saturated rings. The molecule has 0 heterocycles. The highest BCUT2D eigenvalue weighted by molar-refractivity contribution is 5.81. The minimum absolute atomic E-state index is 0.151. The number of nitrogens with one attached hydrogen (secondary N) is 1. The first-order valence-electron chi connectivity index (χ1n) is 7.29. The Bertz CT molecular complexity index is 254. The average molecular weight is 256 g/mol. The molecule has 1 aliphatic rings. The predicted molar refractivity (Wildman–Crippen MR) is 73.4 cm³/mol. The Hall–Kier alpha value is -0.610. The third-order valence-electron chi connectivity index (χ3n) is 4.05. The summed E-state index contributed by atoms with van der Waals surface area (Å²) in [5.41, 5.74) is 0. The summed E-state index contributed by atoms with van der Waals surface area (Å²) in [4.78, 5) is 14.0. The highest BCUT2D eigenvalue weighted by atomic mass is 16.3. The van der Waals surface area contributed by atoms with Crippen molar-refractivity contribution in [2.45, 2.75) is 58.5 Å². The van der Waals surface area contributed by atoms with Crippen molar-refractivity contribution in [3.63, 3.8) is 0 Å². The van der Waals surface area contributed by atoms with E-state index in [9.17, 15) is 9.90 Å². The maximum Gasteiger partial charge on any atom is 0.239 e. The van der Waals surface area contributed by atoms with Crippen molar-refractivity contribution < 1.29 is 9.90 Å². The van der Waals surface area contributed by atoms with Gasteiger partial charge in [0.25, 0.3) is 0 Å². The van der Waals surface area contributed by atoms with Crippen LogP contribution in [-0.2, 0) is 4.79 Å². The van der Waals surface area contributed by atoms with Crippen LogP contribution in [0.1, 0.15) is 46.5 Å². The number of rotatable bonds is 6. The zero-order chi connectivity index (χ0) is 13.5. The average Bonchev–Trinajstić information content (AvgIpc) is 2.40. The molecule has 2 N–H and O–H groups in total. The summed E-state index contributed by atoms with van der Waals surface area (Å²) in [6.07, 6.45) is 4.53. The number of nitrogens with zero attached hydrogens (tertiary/aromatic N) is 1. The molecule has 0 saturated heterocycles. The lowest BCUT2D eigenvalue weighted by Crippen LogP contribution is -2.51. The minimum atomic E-state index is -0.151. The fourth-order valence-electron chi connectivity index (χ4n) is 2.85. The largest absolute Gasteiger partial charge is 0.396 e. The maximum absolute atomic E-state index is 12.2. The van der Waals surface area contributed by atoms with E-state index in [1.54, 1.807) is 0 Å². The minimum Gasteiger partial charge on any atom is -0.396 e. The highest BCUT2D eigenvalue weighted by Gasteiger charge is 2.28. The van der Waals surface area contributed by atoms with Gasteiger partial charge in [-0.25, -0.2) is 0 Å². The van der Waals surface area contributed by atoms with E-state index in [4.69, 9.17) is 0 Å². The molecule has 3 atom stereocenters. The van der Waals surface area contributed by atoms with Crippen LogP contribution >= 0.6 is 0 Å². The maximum atomic E-state index is 12.2. The van der Waals surface area contributed by atoms with Gasteiger partial charge in [-0.3, -0.25) is 4.79 Å². The fraction of sp³-hybridized carbons (Fsp3) is 0.929. The molecule has 0 spiro atoms. The molecule has 0 aromatic rings. The van der Waals surface area contributed by atoms with Crippen molar-refractivity contribution in [2.24, 2.45) is 5.92 Å². The van der Waals surface area contributed by atoms with Crippen molar-refractivity contribution in [1.29, 1.82) is 0 Å². The number of aliphatic hydroxyl groups excluding tert-OH is 1. The Morgan fingerprint density at radius 3 is 2.50 bits per heavy atom. The summed E-state index contributed by atoms with van der Waals surface area (Å²) in [5.74, 6) is 0.480. The van der Waals surface area contributed by atoms with Gasteiger partial charge in [-0.2, -0.15) is 0 Å². The van der Waals surface area contributed by atoms with Gasteiger partial charge in [-0.05, 0) is 39.5 Å². The quantitative estimate of drug-likeness (QED) is 0.755. The molecular formula is C14H28N2O2. The third-order valence-corrected chi connectivity index (χ3v) is 4.05. The van der Waals surface area contributed by atoms with E-state index in [1.807, 2.05) is 25.7 Å². The van der Waals surface area contributed by atoms with Gasteiger partial charge in [0.05, 0.1) is 6.04 Å². The van der Waals surface area contributed by atoms with Crippen molar-refractivity contribution >= 4 is 5.91 Å². The predicted octanol–water partition coefficient (Wildman–Crippen LogP) is 1.38. The summed E-state index contributed by atoms with van der Waals surface area (Å²) in [5, 5.41) is 12.8. The number of hydrogen-bond donors (Lipinski definition) is 2. The summed E-state index contributed by atoms with van der Waals surface area (Å²) in [6, 6.07) is 0.139. The molecule has 0 aromatic carbocycles. The molecule has 18 heavy (non-hydrogen) atoms. The van der Waals surface area contributed by atoms with Crippen molar-refractivity contribution in [1.82, 2.24) is 10.2 Å². The van der Waals surface area contributed by atoms with Crippen molar-refractivity contribution in [3.8, 4) is 0 Å². The van der Waals surface area contributed by atoms with Gasteiger partial charge in [-0.1, -0.05) is 12.8 Å². The van der Waals surface area contributed by atoms with Gasteiger partial charge >= 0.3 is 0 Å². The van der Waals surface area contributed by atoms with E-state index in [-0.39, 0.29) is 18.6 Å². The van der Waals surface area contributed by atoms with E-state index in [0.29, 0.717) is 12.0 Å². The second-order valence-electron chi connectivity index (χ2n) is 5.23. The number of carbonyl (C=O) groups is 1. The zero-order valence-corrected chi connectivity index (χ0v) is 12.0. The Labute approximate surface area is 111 Å². The number of carbonyl (C=O) groups excluding carboxylic acids is 1. The number of amides is 1. The van der Waals surface area contributed by atoms with Crippen LogP contribution in [0.25, 0.3) is 0 Å². The molecule has 1 aliphatic carbocycles. The van der Waals surface area contributed by atoms with Gasteiger partial charge in [0.2, 0.25) is 5.91 Å². The van der Waals surface area contributed by atoms with Gasteiger partial charge in [-0.15, -0.1) is 0 Å². The van der Waals surface area contributed by atoms with Crippen LogP contribution in [0.15, 0.2) is 0 Å². The second-order valence-corrected chi connectivity index (χ2v) is 5.23. The van der Waals surface area contributed by atoms with E-state index in [2.05, 4.69) is 5.32 Å². The summed E-state index contributed by atoms with van der Waals surface area (Å²) in [7, 11) is 0. The third kappa shape index (κ3) is 3.95. The molecule has 0 radical (unpaired) electrons. The van der Waals surface area contributed by atoms with Crippen LogP contribution < -0.4 is 5.32 Å². The summed E-state index contributed by atoms with van der Waals surface area (Å²) < 4.78 is 0. The second kappa shape index (κ2) is 7.74. The highest BCUT2D eigenvalue weighted by Crippen LogP contribution is 2.24. The molecule has 4 nitrogen and oxygen atoms in total. The monoisotopic (exact) mass is 256 g/mol. The number of likely N-dealkylation sites (N-methyl/N-ethyl adjacent to an activating group) is 1. The van der Waals surface area contributed by atoms with Crippen LogP contribution in [0.5, 0.6) is 0 Å². The number of aliphatic hydroxyl groups is 1. The molecule has 0 aromatic heterocycles. The number of hydrogen-bond acceptors (Lipinski definition) is 3. The Kier molecular flexibility index (Phi) is 6.65. The molecule has 4 heteroatoms. The molecule has 1 rings (SSSR count). The molecule has 0 bridgehead atoms. The molecular weight excluding hydrogens is 228 g/mol. The van der Waals surface area contributed by atoms with Crippen LogP contribution in [-0.4, -0.2) is 47.7 Å². The van der Waals surface area contributed by atoms with E-state index >= 15 is 0 Å². The van der Waals surface area contributed by atoms with E-state index < -0.39 is 0 Å². The van der Waals surface area contributed by atoms with E-state index in [0.717, 1.165) is 25.9 Å². The summed E-state index contributed by atoms with van der Waals surface area (Å²) in [6.45, 7) is 7.69. The summed E-state index contributed by atoms with van der Waals surface area (Å²) >= 11 is 0. The Morgan fingerprint density at radius 2 is 1.94 bits per heavy atom. The fourth-order valence-corrected chi connectivity index (χ4v) is 2.85. The molecule has 1 amide bonds. The first kappa shape index (κ1) is 15.4. The van der Waals surface area contributed by atoms with Gasteiger partial charge in [0, 0.05) is 25.7 Å². The first-order chi connectivity index (χ1) is 8.63. The standard InChI is InChI=1S/C14H28N2O2/c1-4-16(5-2)14(18)11(3)15-13-9-7-6-8-12(13)10-17/h11-13,15,17H,4-10H2,1-3H3. The molecule has 1 saturated carbocycles. The van der Waals surface area contributed by atoms with Gasteiger partial charge < -0.3 is 15.3 Å². The van der Waals surface area contributed by atoms with Gasteiger partial charge in [0.1, 0.15) is 0 Å². The van der Waals surface area contributed by atoms with Crippen molar-refractivity contribution in [2.75, 3.05) is 19.7 Å². The molecule has 0 aliphatic heterocycles. The lowest BCUT2D eigenvalue weighted by molar-refractivity contribution is -0.133. The van der Waals surface area contributed by atoms with Crippen LogP contribution in [0, 0.1) is 5.92 Å². The molecule has 106 valence electrons. The lowest BCUT2D eigenvalue weighted by Gasteiger charge is -2.34. The van der Waals surface area contributed by atoms with Crippen LogP contribution in [0.2, 0.25) is 0 Å². The Balaban J connectivity index is 2.51. The zero-order valence-electron chi connectivity index (χ0n) is 12.0. The SMILES string of the molecule is CCN(CC)C(=O)C(C)NC1CCCCC1CO. The van der Waals surface area contributed by atoms with Crippen LogP contribution in [0.4, 0.5) is 0 Å². The molecule has 3 unspecified atom stereocenters. The van der Waals surface area contributed by atoms with Crippen molar-refractivity contribution in [3.05, 3.63) is 0 Å². The smallest absolute Gasteiger partial charge is 0.239 e. The first-order valence-corrected chi connectivity index (χ1v) is 7.29. The van der Waals surface area contributed by atoms with Gasteiger partial charge in [0.15, 0.2) is 0 Å². The van der Waals surface area contributed by atoms with Crippen LogP contribution in [0.3, 0.4) is 0 Å². The lowest BCUT2D eigenvalue weighted by atomic mass is 9.84. The van der Waals surface area contributed by atoms with E-state index in [1.165, 1.54) is 12.8 Å². The Morgan fingerprint density at radius 1 is 1.33 bits per heavy atom.